The molecular formula is C24H32F5N3OS. The molecule has 1 heterocycles. The second-order valence-electron chi connectivity index (χ2n) is 8.87. The molecule has 2 aromatic carbocycles. The first-order chi connectivity index (χ1) is 15.9. The largest absolute Gasteiger partial charge is 0.322 e. The number of carbonyl (C=O) groups excluding carboxylic acids is 1. The van der Waals surface area contributed by atoms with Gasteiger partial charge in [-0.3, -0.25) is 0 Å². The highest BCUT2D eigenvalue weighted by Gasteiger charge is 2.40. The molecule has 4 nitrogen and oxygen atoms in total. The molecule has 1 N–H and O–H groups in total. The molecule has 0 aromatic heterocycles. The van der Waals surface area contributed by atoms with Crippen LogP contribution in [0.3, 0.4) is 0 Å². The average molecular weight is 506 g/mol. The monoisotopic (exact) mass is 505 g/mol. The van der Waals surface area contributed by atoms with Gasteiger partial charge < -0.3 is 15.1 Å². The van der Waals surface area contributed by atoms with Gasteiger partial charge in [0.05, 0.1) is 4.90 Å². The standard InChI is InChI=1S/C24H32F5N3OS/c1-3-7-18(2)31-12-10-22(11-13-31)32(17-19-8-5-4-6-9-19)24(33)30-21-14-20(25)15-23(16-21)34(26,27,28)29/h4-6,8-9,14-16,18,22,34H,3,7,10-13,17H2,1-2H3,(H,30,33). The highest BCUT2D eigenvalue weighted by molar-refractivity contribution is 8.33. The predicted molar refractivity (Wildman–Crippen MR) is 128 cm³/mol. The second kappa shape index (κ2) is 10.5. The fourth-order valence-corrected chi connectivity index (χ4v) is 5.08. The minimum absolute atomic E-state index is 0.113. The first-order valence-electron chi connectivity index (χ1n) is 11.5. The summed E-state index contributed by atoms with van der Waals surface area (Å²) >= 11 is 0. The molecule has 1 aliphatic rings. The maximum atomic E-state index is 13.8. The number of halogens is 5. The molecule has 0 saturated carbocycles. The normalized spacial score (nSPS) is 17.6. The number of piperidine rings is 1. The zero-order valence-corrected chi connectivity index (χ0v) is 20.3. The van der Waals surface area contributed by atoms with Crippen LogP contribution < -0.4 is 5.32 Å². The van der Waals surface area contributed by atoms with Gasteiger partial charge in [-0.25, -0.2) is 9.18 Å². The quantitative estimate of drug-likeness (QED) is 0.288. The molecule has 3 rings (SSSR count). The molecule has 10 heteroatoms. The van der Waals surface area contributed by atoms with Gasteiger partial charge >= 0.3 is 6.03 Å². The van der Waals surface area contributed by atoms with Gasteiger partial charge in [0.1, 0.15) is 5.82 Å². The summed E-state index contributed by atoms with van der Waals surface area (Å²) in [6.45, 7) is 6.18. The molecule has 1 atom stereocenters. The van der Waals surface area contributed by atoms with Crippen molar-refractivity contribution in [1.82, 2.24) is 9.80 Å². The zero-order chi connectivity index (χ0) is 25.0. The molecule has 1 aliphatic heterocycles. The number of anilines is 1. The van der Waals surface area contributed by atoms with Gasteiger partial charge in [-0.1, -0.05) is 43.7 Å². The van der Waals surface area contributed by atoms with Gasteiger partial charge in [-0.2, -0.15) is 0 Å². The fraction of sp³-hybridized carbons (Fsp3) is 0.458. The van der Waals surface area contributed by atoms with Crippen LogP contribution in [0.15, 0.2) is 53.4 Å². The molecule has 1 unspecified atom stereocenters. The molecule has 190 valence electrons. The van der Waals surface area contributed by atoms with Gasteiger partial charge in [0, 0.05) is 37.4 Å². The summed E-state index contributed by atoms with van der Waals surface area (Å²) in [7, 11) is -8.18. The third-order valence-electron chi connectivity index (χ3n) is 6.25. The van der Waals surface area contributed by atoms with E-state index in [4.69, 9.17) is 0 Å². The van der Waals surface area contributed by atoms with E-state index in [0.717, 1.165) is 37.6 Å². The molecule has 1 saturated heterocycles. The summed E-state index contributed by atoms with van der Waals surface area (Å²) in [5.41, 5.74) is 0.441. The Morgan fingerprint density at radius 1 is 1.12 bits per heavy atom. The Hall–Kier alpha value is -2.33. The third kappa shape index (κ3) is 7.09. The smallest absolute Gasteiger partial charge is 0.317 e. The lowest BCUT2D eigenvalue weighted by Gasteiger charge is -2.40. The highest BCUT2D eigenvalue weighted by Crippen LogP contribution is 2.82. The number of likely N-dealkylation sites (tertiary alicyclic amines) is 1. The number of hydrogen-bond donors (Lipinski definition) is 2. The summed E-state index contributed by atoms with van der Waals surface area (Å²) < 4.78 is 66.8. The van der Waals surface area contributed by atoms with Crippen molar-refractivity contribution in [1.29, 1.82) is 0 Å². The Labute approximate surface area is 198 Å². The highest BCUT2D eigenvalue weighted by atomic mass is 32.4. The molecule has 0 spiro atoms. The molecule has 1 fully saturated rings. The van der Waals surface area contributed by atoms with Crippen LogP contribution in [0.2, 0.25) is 0 Å². The summed E-state index contributed by atoms with van der Waals surface area (Å²) in [5, 5.41) is 2.37. The summed E-state index contributed by atoms with van der Waals surface area (Å²) in [6, 6.07) is 10.2. The van der Waals surface area contributed by atoms with Crippen molar-refractivity contribution in [2.75, 3.05) is 18.4 Å². The number of thiol groups is 1. The topological polar surface area (TPSA) is 35.6 Å². The Morgan fingerprint density at radius 3 is 2.35 bits per heavy atom. The van der Waals surface area contributed by atoms with Gasteiger partial charge in [0.15, 0.2) is 10.7 Å². The zero-order valence-electron chi connectivity index (χ0n) is 19.4. The molecule has 2 amide bonds. The van der Waals surface area contributed by atoms with Crippen molar-refractivity contribution in [3.8, 4) is 0 Å². The van der Waals surface area contributed by atoms with E-state index >= 15 is 0 Å². The van der Waals surface area contributed by atoms with Crippen molar-refractivity contribution in [2.45, 2.75) is 63.1 Å². The number of rotatable bonds is 8. The number of nitrogens with one attached hydrogen (secondary N) is 1. The number of nitrogens with zero attached hydrogens (tertiary/aromatic N) is 2. The maximum Gasteiger partial charge on any atom is 0.322 e. The fourth-order valence-electron chi connectivity index (χ4n) is 4.42. The van der Waals surface area contributed by atoms with Gasteiger partial charge in [0.25, 0.3) is 0 Å². The Kier molecular flexibility index (Phi) is 8.13. The van der Waals surface area contributed by atoms with Crippen molar-refractivity contribution >= 4 is 22.4 Å². The van der Waals surface area contributed by atoms with Crippen LogP contribution in [0.5, 0.6) is 0 Å². The lowest BCUT2D eigenvalue weighted by molar-refractivity contribution is 0.0989. The molecule has 0 aliphatic carbocycles. The number of urea groups is 1. The number of benzene rings is 2. The first kappa shape index (κ1) is 26.3. The third-order valence-corrected chi connectivity index (χ3v) is 7.29. The average Bonchev–Trinajstić information content (AvgIpc) is 2.77. The minimum Gasteiger partial charge on any atom is -0.317 e. The van der Waals surface area contributed by atoms with Crippen LogP contribution in [-0.2, 0) is 6.54 Å². The van der Waals surface area contributed by atoms with E-state index in [2.05, 4.69) is 24.1 Å². The van der Waals surface area contributed by atoms with E-state index < -0.39 is 33.1 Å². The molecule has 2 aromatic rings. The van der Waals surface area contributed by atoms with Gasteiger partial charge in [0.2, 0.25) is 0 Å². The Morgan fingerprint density at radius 2 is 1.76 bits per heavy atom. The summed E-state index contributed by atoms with van der Waals surface area (Å²) in [4.78, 5) is 15.5. The van der Waals surface area contributed by atoms with Crippen molar-refractivity contribution < 1.29 is 24.7 Å². The molecular weight excluding hydrogens is 473 g/mol. The first-order valence-corrected chi connectivity index (χ1v) is 13.3. The lowest BCUT2D eigenvalue weighted by atomic mass is 10.00. The molecule has 0 radical (unpaired) electrons. The van der Waals surface area contributed by atoms with E-state index in [0.29, 0.717) is 24.9 Å². The van der Waals surface area contributed by atoms with E-state index in [9.17, 15) is 24.7 Å². The van der Waals surface area contributed by atoms with Gasteiger partial charge in [-0.05, 0) is 49.9 Å². The van der Waals surface area contributed by atoms with Crippen molar-refractivity contribution in [3.05, 3.63) is 59.9 Å². The van der Waals surface area contributed by atoms with E-state index in [-0.39, 0.29) is 18.7 Å². The number of hydrogen-bond acceptors (Lipinski definition) is 2. The summed E-state index contributed by atoms with van der Waals surface area (Å²) in [5.74, 6) is -1.26. The van der Waals surface area contributed by atoms with Crippen LogP contribution in [0.4, 0.5) is 30.4 Å². The maximum absolute atomic E-state index is 13.8. The summed E-state index contributed by atoms with van der Waals surface area (Å²) in [6.07, 6.45) is 3.59. The molecule has 34 heavy (non-hydrogen) atoms. The van der Waals surface area contributed by atoms with Crippen LogP contribution >= 0.6 is 10.7 Å². The van der Waals surface area contributed by atoms with Crippen molar-refractivity contribution in [2.24, 2.45) is 0 Å². The molecule has 0 bridgehead atoms. The van der Waals surface area contributed by atoms with E-state index in [1.165, 1.54) is 0 Å². The van der Waals surface area contributed by atoms with Crippen LogP contribution in [0.1, 0.15) is 45.1 Å². The second-order valence-corrected chi connectivity index (χ2v) is 10.8. The van der Waals surface area contributed by atoms with Gasteiger partial charge in [-0.15, -0.1) is 15.5 Å². The number of amides is 2. The predicted octanol–water partition coefficient (Wildman–Crippen LogP) is 7.48. The van der Waals surface area contributed by atoms with E-state index in [1.54, 1.807) is 4.90 Å². The van der Waals surface area contributed by atoms with Crippen LogP contribution in [0.25, 0.3) is 0 Å². The lowest BCUT2D eigenvalue weighted by Crippen LogP contribution is -2.50. The Balaban J connectivity index is 1.80. The minimum atomic E-state index is -8.18. The van der Waals surface area contributed by atoms with Crippen LogP contribution in [0, 0.1) is 5.82 Å². The number of carbonyl (C=O) groups is 1. The SMILES string of the molecule is CCCC(C)N1CCC(N(Cc2ccccc2)C(=O)Nc2cc(F)cc([SH](F)(F)(F)F)c2)CC1. The van der Waals surface area contributed by atoms with E-state index in [1.807, 2.05) is 30.3 Å². The van der Waals surface area contributed by atoms with Crippen LogP contribution in [-0.4, -0.2) is 41.0 Å². The van der Waals surface area contributed by atoms with Crippen molar-refractivity contribution in [3.63, 3.8) is 0 Å². The Bertz CT molecular complexity index is 968.